The third-order valence-electron chi connectivity index (χ3n) is 6.87. The lowest BCUT2D eigenvalue weighted by Crippen LogP contribution is -2.59. The maximum absolute atomic E-state index is 14.2. The summed E-state index contributed by atoms with van der Waals surface area (Å²) in [6, 6.07) is 13.7. The monoisotopic (exact) mass is 544 g/mol. The van der Waals surface area contributed by atoms with Crippen LogP contribution in [0, 0.1) is 11.8 Å². The minimum Gasteiger partial charge on any atom is -0.381 e. The number of ketones is 1. The minimum atomic E-state index is -1.04. The van der Waals surface area contributed by atoms with Crippen molar-refractivity contribution in [3.8, 4) is 11.8 Å². The van der Waals surface area contributed by atoms with Crippen LogP contribution in [0.3, 0.4) is 0 Å². The number of hydrogen-bond acceptors (Lipinski definition) is 7. The molecule has 11 heteroatoms. The topological polar surface area (TPSA) is 141 Å². The number of nitrogen functional groups attached to an aromatic ring is 1. The molecule has 2 amide bonds. The normalized spacial score (nSPS) is 15.3. The van der Waals surface area contributed by atoms with E-state index in [2.05, 4.69) is 32.3 Å². The summed E-state index contributed by atoms with van der Waals surface area (Å²) in [4.78, 5) is 47.4. The van der Waals surface area contributed by atoms with Gasteiger partial charge in [-0.15, -0.1) is 5.10 Å². The SMILES string of the molecule is CC(NC(=O)c1c(N)nn2cccnc12)C1C(=O)c2cccc(C#Cc3cnn(C)c3)c2C(=O)N1c1ccccc1. The molecule has 6 rings (SSSR count). The van der Waals surface area contributed by atoms with E-state index in [1.54, 1.807) is 85.8 Å². The smallest absolute Gasteiger partial charge is 0.261 e. The first-order chi connectivity index (χ1) is 19.8. The van der Waals surface area contributed by atoms with Gasteiger partial charge in [0.1, 0.15) is 11.6 Å². The zero-order valence-electron chi connectivity index (χ0n) is 22.1. The van der Waals surface area contributed by atoms with Gasteiger partial charge in [0, 0.05) is 42.5 Å². The number of Topliss-reactive ketones (excluding diaryl/α,β-unsaturated/α-hetero) is 1. The molecule has 202 valence electrons. The zero-order valence-corrected chi connectivity index (χ0v) is 22.1. The molecule has 0 spiro atoms. The number of benzene rings is 2. The van der Waals surface area contributed by atoms with E-state index in [9.17, 15) is 14.4 Å². The summed E-state index contributed by atoms with van der Waals surface area (Å²) in [5.41, 5.74) is 8.47. The number of carbonyl (C=O) groups excluding carboxylic acids is 3. The average Bonchev–Trinajstić information content (AvgIpc) is 3.55. The predicted octanol–water partition coefficient (Wildman–Crippen LogP) is 2.47. The summed E-state index contributed by atoms with van der Waals surface area (Å²) in [5, 5.41) is 11.1. The van der Waals surface area contributed by atoms with E-state index in [1.807, 2.05) is 6.07 Å². The van der Waals surface area contributed by atoms with E-state index in [0.29, 0.717) is 16.8 Å². The van der Waals surface area contributed by atoms with Crippen LogP contribution < -0.4 is 16.0 Å². The van der Waals surface area contributed by atoms with Crippen molar-refractivity contribution in [3.05, 3.63) is 107 Å². The number of rotatable bonds is 4. The van der Waals surface area contributed by atoms with E-state index < -0.39 is 23.9 Å². The Kier molecular flexibility index (Phi) is 6.28. The second kappa shape index (κ2) is 10.1. The van der Waals surface area contributed by atoms with Crippen LogP contribution in [0.5, 0.6) is 0 Å². The molecule has 2 atom stereocenters. The molecule has 0 aliphatic carbocycles. The average molecular weight is 545 g/mol. The number of nitrogens with two attached hydrogens (primary N) is 1. The molecule has 11 nitrogen and oxygen atoms in total. The molecule has 41 heavy (non-hydrogen) atoms. The van der Waals surface area contributed by atoms with Crippen LogP contribution in [0.4, 0.5) is 11.5 Å². The fourth-order valence-corrected chi connectivity index (χ4v) is 5.04. The van der Waals surface area contributed by atoms with E-state index in [1.165, 1.54) is 15.6 Å². The lowest BCUT2D eigenvalue weighted by atomic mass is 9.85. The van der Waals surface area contributed by atoms with E-state index in [4.69, 9.17) is 5.73 Å². The minimum absolute atomic E-state index is 0.00143. The van der Waals surface area contributed by atoms with Gasteiger partial charge >= 0.3 is 0 Å². The first-order valence-corrected chi connectivity index (χ1v) is 12.8. The summed E-state index contributed by atoms with van der Waals surface area (Å²) >= 11 is 0. The van der Waals surface area contributed by atoms with Gasteiger partial charge in [0.2, 0.25) is 0 Å². The molecule has 0 fully saturated rings. The Bertz CT molecular complexity index is 1900. The molecule has 0 saturated carbocycles. The number of amides is 2. The molecule has 0 radical (unpaired) electrons. The molecule has 1 aliphatic rings. The van der Waals surface area contributed by atoms with Crippen molar-refractivity contribution in [1.29, 1.82) is 0 Å². The Balaban J connectivity index is 1.41. The van der Waals surface area contributed by atoms with Crippen molar-refractivity contribution in [2.24, 2.45) is 7.05 Å². The second-order valence-electron chi connectivity index (χ2n) is 9.61. The Labute approximate surface area is 234 Å². The predicted molar refractivity (Wildman–Crippen MR) is 151 cm³/mol. The van der Waals surface area contributed by atoms with E-state index in [0.717, 1.165) is 0 Å². The molecule has 2 aromatic carbocycles. The maximum Gasteiger partial charge on any atom is 0.261 e. The highest BCUT2D eigenvalue weighted by molar-refractivity contribution is 6.24. The van der Waals surface area contributed by atoms with Crippen molar-refractivity contribution in [1.82, 2.24) is 29.7 Å². The molecule has 2 unspecified atom stereocenters. The van der Waals surface area contributed by atoms with Gasteiger partial charge in [-0.2, -0.15) is 5.10 Å². The fourth-order valence-electron chi connectivity index (χ4n) is 5.04. The van der Waals surface area contributed by atoms with Crippen molar-refractivity contribution in [2.75, 3.05) is 10.6 Å². The molecule has 0 bridgehead atoms. The second-order valence-corrected chi connectivity index (χ2v) is 9.61. The number of nitrogens with one attached hydrogen (secondary N) is 1. The lowest BCUT2D eigenvalue weighted by Gasteiger charge is -2.39. The third-order valence-corrected chi connectivity index (χ3v) is 6.87. The molecule has 0 saturated heterocycles. The Morgan fingerprint density at radius 3 is 2.63 bits per heavy atom. The molecule has 4 heterocycles. The molecular weight excluding hydrogens is 520 g/mol. The van der Waals surface area contributed by atoms with Crippen molar-refractivity contribution in [3.63, 3.8) is 0 Å². The largest absolute Gasteiger partial charge is 0.381 e. The van der Waals surface area contributed by atoms with Gasteiger partial charge in [-0.3, -0.25) is 24.0 Å². The van der Waals surface area contributed by atoms with Gasteiger partial charge in [0.15, 0.2) is 17.2 Å². The molecular formula is C30H24N8O3. The van der Waals surface area contributed by atoms with Gasteiger partial charge in [-0.05, 0) is 31.2 Å². The molecule has 3 aromatic heterocycles. The first kappa shape index (κ1) is 25.5. The third kappa shape index (κ3) is 4.47. The van der Waals surface area contributed by atoms with Crippen molar-refractivity contribution < 1.29 is 14.4 Å². The molecule has 1 aliphatic heterocycles. The van der Waals surface area contributed by atoms with Gasteiger partial charge < -0.3 is 11.1 Å². The van der Waals surface area contributed by atoms with Crippen LogP contribution in [0.1, 0.15) is 49.1 Å². The van der Waals surface area contributed by atoms with E-state index in [-0.39, 0.29) is 33.9 Å². The number of aromatic nitrogens is 5. The van der Waals surface area contributed by atoms with Crippen LogP contribution in [-0.2, 0) is 7.05 Å². The number of para-hydroxylation sites is 1. The highest BCUT2D eigenvalue weighted by atomic mass is 16.2. The summed E-state index contributed by atoms with van der Waals surface area (Å²) in [5.74, 6) is 4.78. The highest BCUT2D eigenvalue weighted by Crippen LogP contribution is 2.32. The number of hydrogen-bond donors (Lipinski definition) is 2. The summed E-state index contributed by atoms with van der Waals surface area (Å²) in [6.07, 6.45) is 6.55. The summed E-state index contributed by atoms with van der Waals surface area (Å²) in [7, 11) is 1.79. The van der Waals surface area contributed by atoms with Crippen LogP contribution in [0.2, 0.25) is 0 Å². The Morgan fingerprint density at radius 1 is 1.07 bits per heavy atom. The number of aryl methyl sites for hydroxylation is 1. The lowest BCUT2D eigenvalue weighted by molar-refractivity contribution is 0.0831. The zero-order chi connectivity index (χ0) is 28.7. The standard InChI is InChI=1S/C30H24N8O3/c1-18(34-29(40)24-27(31)35-37-15-7-14-32-28(24)37)25-26(39)22-11-6-8-20(13-12-19-16-33-36(2)17-19)23(22)30(41)38(25)21-9-4-3-5-10-21/h3-11,14-18,25H,1-2H3,(H2,31,35)(H,34,40). The van der Waals surface area contributed by atoms with Crippen molar-refractivity contribution in [2.45, 2.75) is 19.0 Å². The van der Waals surface area contributed by atoms with Crippen LogP contribution in [-0.4, -0.2) is 54.1 Å². The van der Waals surface area contributed by atoms with Crippen LogP contribution in [0.25, 0.3) is 5.65 Å². The summed E-state index contributed by atoms with van der Waals surface area (Å²) < 4.78 is 3.04. The number of nitrogens with zero attached hydrogens (tertiary/aromatic N) is 6. The Morgan fingerprint density at radius 2 is 1.88 bits per heavy atom. The maximum atomic E-state index is 14.2. The first-order valence-electron chi connectivity index (χ1n) is 12.8. The molecule has 5 aromatic rings. The number of fused-ring (bicyclic) bond motifs is 2. The number of anilines is 2. The fraction of sp³-hybridized carbons (Fsp3) is 0.133. The quantitative estimate of drug-likeness (QED) is 0.331. The van der Waals surface area contributed by atoms with Gasteiger partial charge in [-0.1, -0.05) is 42.2 Å². The number of carbonyl (C=O) groups is 3. The summed E-state index contributed by atoms with van der Waals surface area (Å²) in [6.45, 7) is 1.68. The van der Waals surface area contributed by atoms with Crippen LogP contribution >= 0.6 is 0 Å². The van der Waals surface area contributed by atoms with Gasteiger partial charge in [-0.25, -0.2) is 9.50 Å². The van der Waals surface area contributed by atoms with Crippen LogP contribution in [0.15, 0.2) is 79.4 Å². The Hall–Kier alpha value is -5.76. The van der Waals surface area contributed by atoms with Crippen molar-refractivity contribution >= 4 is 34.8 Å². The van der Waals surface area contributed by atoms with E-state index >= 15 is 0 Å². The van der Waals surface area contributed by atoms with Gasteiger partial charge in [0.05, 0.1) is 23.4 Å². The molecule has 3 N–H and O–H groups in total. The van der Waals surface area contributed by atoms with Gasteiger partial charge in [0.25, 0.3) is 11.8 Å². The highest BCUT2D eigenvalue weighted by Gasteiger charge is 2.44.